The largest absolute Gasteiger partial charge is 0.393 e. The molecule has 0 saturated heterocycles. The van der Waals surface area contributed by atoms with E-state index < -0.39 is 18.1 Å². The van der Waals surface area contributed by atoms with Crippen molar-refractivity contribution in [3.05, 3.63) is 35.4 Å². The van der Waals surface area contributed by atoms with E-state index >= 15 is 0 Å². The van der Waals surface area contributed by atoms with Crippen molar-refractivity contribution in [2.24, 2.45) is 5.92 Å². The summed E-state index contributed by atoms with van der Waals surface area (Å²) in [6, 6.07) is 7.93. The predicted octanol–water partition coefficient (Wildman–Crippen LogP) is 3.86. The molecule has 1 aromatic rings. The summed E-state index contributed by atoms with van der Waals surface area (Å²) in [7, 11) is 0. The molecule has 0 aliphatic heterocycles. The molecule has 4 heteroatoms. The van der Waals surface area contributed by atoms with Crippen LogP contribution in [0.2, 0.25) is 0 Å². The zero-order chi connectivity index (χ0) is 14.2. The average Bonchev–Trinajstić information content (AvgIpc) is 2.80. The van der Waals surface area contributed by atoms with Gasteiger partial charge in [0.05, 0.1) is 5.92 Å². The molecule has 20 heavy (non-hydrogen) atoms. The highest BCUT2D eigenvalue weighted by atomic mass is 19.4. The van der Waals surface area contributed by atoms with Crippen molar-refractivity contribution in [1.29, 1.82) is 0 Å². The van der Waals surface area contributed by atoms with Gasteiger partial charge in [-0.25, -0.2) is 0 Å². The van der Waals surface area contributed by atoms with Crippen LogP contribution in [0, 0.1) is 5.92 Å². The maximum absolute atomic E-state index is 13.1. The van der Waals surface area contributed by atoms with E-state index in [0.717, 1.165) is 19.3 Å². The van der Waals surface area contributed by atoms with Gasteiger partial charge >= 0.3 is 6.18 Å². The average molecular weight is 283 g/mol. The highest BCUT2D eigenvalue weighted by Gasteiger charge is 2.46. The molecule has 0 heterocycles. The van der Waals surface area contributed by atoms with E-state index in [9.17, 15) is 13.2 Å². The van der Waals surface area contributed by atoms with E-state index in [1.54, 1.807) is 0 Å². The van der Waals surface area contributed by atoms with Gasteiger partial charge in [0, 0.05) is 12.1 Å². The van der Waals surface area contributed by atoms with Crippen molar-refractivity contribution in [3.8, 4) is 0 Å². The van der Waals surface area contributed by atoms with Crippen molar-refractivity contribution in [1.82, 2.24) is 5.32 Å². The van der Waals surface area contributed by atoms with Gasteiger partial charge in [-0.15, -0.1) is 0 Å². The first-order valence-corrected chi connectivity index (χ1v) is 7.43. The van der Waals surface area contributed by atoms with Crippen LogP contribution in [0.4, 0.5) is 13.2 Å². The van der Waals surface area contributed by atoms with Crippen LogP contribution in [0.3, 0.4) is 0 Å². The number of hydrogen-bond acceptors (Lipinski definition) is 1. The molecule has 0 spiro atoms. The monoisotopic (exact) mass is 283 g/mol. The quantitative estimate of drug-likeness (QED) is 0.869. The molecule has 3 rings (SSSR count). The fraction of sp³-hybridized carbons (Fsp3) is 0.625. The van der Waals surface area contributed by atoms with Crippen molar-refractivity contribution in [3.63, 3.8) is 0 Å². The molecule has 1 nitrogen and oxygen atoms in total. The number of nitrogens with one attached hydrogen (secondary N) is 1. The lowest BCUT2D eigenvalue weighted by Gasteiger charge is -2.35. The molecule has 0 bridgehead atoms. The van der Waals surface area contributed by atoms with Gasteiger partial charge < -0.3 is 5.32 Å². The minimum atomic E-state index is -4.07. The van der Waals surface area contributed by atoms with Crippen molar-refractivity contribution in [2.45, 2.75) is 56.8 Å². The molecule has 0 amide bonds. The number of hydrogen-bond donors (Lipinski definition) is 1. The van der Waals surface area contributed by atoms with E-state index in [1.165, 1.54) is 11.1 Å². The van der Waals surface area contributed by atoms with Crippen molar-refractivity contribution < 1.29 is 13.2 Å². The second-order valence-corrected chi connectivity index (χ2v) is 6.08. The molecule has 1 saturated carbocycles. The maximum atomic E-state index is 13.1. The standard InChI is InChI=1S/C16H20F3N/c17-16(18,19)14-7-3-4-8-15(14)20-13-9-11-5-1-2-6-12(11)10-13/h1-2,5-6,13-15,20H,3-4,7-10H2. The fourth-order valence-electron chi connectivity index (χ4n) is 3.70. The minimum Gasteiger partial charge on any atom is -0.310 e. The summed E-state index contributed by atoms with van der Waals surface area (Å²) in [6.45, 7) is 0. The first-order valence-electron chi connectivity index (χ1n) is 7.43. The van der Waals surface area contributed by atoms with Crippen LogP contribution in [-0.4, -0.2) is 18.3 Å². The van der Waals surface area contributed by atoms with Gasteiger partial charge in [-0.3, -0.25) is 0 Å². The molecule has 1 fully saturated rings. The lowest BCUT2D eigenvalue weighted by Crippen LogP contribution is -2.49. The number of benzene rings is 1. The van der Waals surface area contributed by atoms with Crippen LogP contribution in [0.15, 0.2) is 24.3 Å². The molecule has 2 unspecified atom stereocenters. The second kappa shape index (κ2) is 5.40. The zero-order valence-electron chi connectivity index (χ0n) is 11.4. The van der Waals surface area contributed by atoms with E-state index in [4.69, 9.17) is 0 Å². The van der Waals surface area contributed by atoms with Crippen LogP contribution >= 0.6 is 0 Å². The van der Waals surface area contributed by atoms with E-state index in [1.807, 2.05) is 12.1 Å². The van der Waals surface area contributed by atoms with Gasteiger partial charge in [0.1, 0.15) is 0 Å². The Balaban J connectivity index is 1.66. The minimum absolute atomic E-state index is 0.167. The SMILES string of the molecule is FC(F)(F)C1CCCCC1NC1Cc2ccccc2C1. The third kappa shape index (κ3) is 2.85. The van der Waals surface area contributed by atoms with Crippen LogP contribution < -0.4 is 5.32 Å². The summed E-state index contributed by atoms with van der Waals surface area (Å²) in [5.41, 5.74) is 2.56. The summed E-state index contributed by atoms with van der Waals surface area (Å²) in [5, 5.41) is 3.30. The number of halogens is 3. The Morgan fingerprint density at radius 1 is 0.950 bits per heavy atom. The third-order valence-corrected chi connectivity index (χ3v) is 4.69. The van der Waals surface area contributed by atoms with Gasteiger partial charge in [0.2, 0.25) is 0 Å². The Hall–Kier alpha value is -1.03. The molecule has 2 aliphatic rings. The third-order valence-electron chi connectivity index (χ3n) is 4.69. The van der Waals surface area contributed by atoms with E-state index in [-0.39, 0.29) is 12.5 Å². The van der Waals surface area contributed by atoms with Crippen LogP contribution in [-0.2, 0) is 12.8 Å². The number of rotatable bonds is 2. The molecule has 0 radical (unpaired) electrons. The molecular weight excluding hydrogens is 263 g/mol. The Bertz CT molecular complexity index is 444. The highest BCUT2D eigenvalue weighted by Crippen LogP contribution is 2.38. The van der Waals surface area contributed by atoms with E-state index in [0.29, 0.717) is 12.8 Å². The first-order chi connectivity index (χ1) is 9.54. The molecule has 2 aliphatic carbocycles. The van der Waals surface area contributed by atoms with Crippen LogP contribution in [0.1, 0.15) is 36.8 Å². The summed E-state index contributed by atoms with van der Waals surface area (Å²) in [6.07, 6.45) is 0.188. The summed E-state index contributed by atoms with van der Waals surface area (Å²) < 4.78 is 39.3. The maximum Gasteiger partial charge on any atom is 0.393 e. The van der Waals surface area contributed by atoms with Gasteiger partial charge in [-0.1, -0.05) is 37.1 Å². The van der Waals surface area contributed by atoms with Gasteiger partial charge in [-0.2, -0.15) is 13.2 Å². The molecule has 0 aromatic heterocycles. The first kappa shape index (κ1) is 13.9. The lowest BCUT2D eigenvalue weighted by atomic mass is 9.83. The van der Waals surface area contributed by atoms with Gasteiger partial charge in [0.25, 0.3) is 0 Å². The normalized spacial score (nSPS) is 27.6. The molecular formula is C16H20F3N. The summed E-state index contributed by atoms with van der Waals surface area (Å²) in [4.78, 5) is 0. The van der Waals surface area contributed by atoms with E-state index in [2.05, 4.69) is 17.4 Å². The van der Waals surface area contributed by atoms with Crippen molar-refractivity contribution >= 4 is 0 Å². The summed E-state index contributed by atoms with van der Waals surface area (Å²) in [5.74, 6) is -1.17. The predicted molar refractivity (Wildman–Crippen MR) is 72.6 cm³/mol. The Morgan fingerprint density at radius 3 is 2.15 bits per heavy atom. The zero-order valence-corrected chi connectivity index (χ0v) is 11.4. The van der Waals surface area contributed by atoms with Crippen LogP contribution in [0.25, 0.3) is 0 Å². The molecule has 1 N–H and O–H groups in total. The summed E-state index contributed by atoms with van der Waals surface area (Å²) >= 11 is 0. The number of fused-ring (bicyclic) bond motifs is 1. The van der Waals surface area contributed by atoms with Crippen molar-refractivity contribution in [2.75, 3.05) is 0 Å². The Kier molecular flexibility index (Phi) is 3.76. The smallest absolute Gasteiger partial charge is 0.310 e. The lowest BCUT2D eigenvalue weighted by molar-refractivity contribution is -0.189. The molecule has 2 atom stereocenters. The topological polar surface area (TPSA) is 12.0 Å². The number of alkyl halides is 3. The van der Waals surface area contributed by atoms with Gasteiger partial charge in [-0.05, 0) is 36.8 Å². The Morgan fingerprint density at radius 2 is 1.55 bits per heavy atom. The molecule has 110 valence electrons. The fourth-order valence-corrected chi connectivity index (χ4v) is 3.70. The van der Waals surface area contributed by atoms with Crippen LogP contribution in [0.5, 0.6) is 0 Å². The molecule has 1 aromatic carbocycles. The second-order valence-electron chi connectivity index (χ2n) is 6.08. The van der Waals surface area contributed by atoms with Gasteiger partial charge in [0.15, 0.2) is 0 Å². The Labute approximate surface area is 117 Å². The highest BCUT2D eigenvalue weighted by molar-refractivity contribution is 5.33.